The van der Waals surface area contributed by atoms with Gasteiger partial charge < -0.3 is 30.6 Å². The maximum atomic E-state index is 9.72. The maximum Gasteiger partial charge on any atom is 0.333 e. The first kappa shape index (κ1) is 17.2. The number of aliphatic hydroxyl groups is 4. The van der Waals surface area contributed by atoms with Crippen molar-refractivity contribution in [3.63, 3.8) is 0 Å². The Morgan fingerprint density at radius 3 is 1.56 bits per heavy atom. The average molecular weight is 240 g/mol. The molecule has 0 spiro atoms. The molecule has 0 aromatic rings. The van der Waals surface area contributed by atoms with Crippen molar-refractivity contribution in [2.24, 2.45) is 0 Å². The van der Waals surface area contributed by atoms with Gasteiger partial charge in [0.15, 0.2) is 12.4 Å². The van der Waals surface area contributed by atoms with Crippen molar-refractivity contribution in [3.05, 3.63) is 0 Å². The lowest BCUT2D eigenvalue weighted by atomic mass is 10.3. The zero-order valence-electron chi connectivity index (χ0n) is 8.65. The molecule has 16 heavy (non-hydrogen) atoms. The first-order chi connectivity index (χ1) is 7.22. The van der Waals surface area contributed by atoms with E-state index in [9.17, 15) is 9.59 Å². The molecule has 0 aliphatic carbocycles. The maximum absolute atomic E-state index is 9.72. The summed E-state index contributed by atoms with van der Waals surface area (Å²) >= 11 is 0. The Morgan fingerprint density at radius 1 is 1.06 bits per heavy atom. The minimum absolute atomic E-state index is 0.373. The molecule has 0 aromatic heterocycles. The van der Waals surface area contributed by atoms with Gasteiger partial charge in [-0.15, -0.1) is 0 Å². The number of aliphatic hydroxyl groups excluding tert-OH is 3. The predicted molar refractivity (Wildman–Crippen MR) is 50.4 cm³/mol. The fraction of sp³-hybridized carbons (Fsp3) is 0.750. The minimum atomic E-state index is -1.79. The Balaban J connectivity index is 0. The molecule has 2 unspecified atom stereocenters. The van der Waals surface area contributed by atoms with Crippen molar-refractivity contribution >= 4 is 11.9 Å². The van der Waals surface area contributed by atoms with Crippen LogP contribution in [0.1, 0.15) is 19.8 Å². The van der Waals surface area contributed by atoms with Gasteiger partial charge in [-0.3, -0.25) is 4.79 Å². The van der Waals surface area contributed by atoms with E-state index in [0.717, 1.165) is 0 Å². The molecule has 0 fully saturated rings. The Bertz CT molecular complexity index is 214. The van der Waals surface area contributed by atoms with E-state index >= 15 is 0 Å². The zero-order chi connectivity index (χ0) is 13.3. The molecule has 0 saturated carbocycles. The second kappa shape index (κ2) is 9.04. The third-order valence-corrected chi connectivity index (χ3v) is 1.42. The van der Waals surface area contributed by atoms with E-state index in [1.54, 1.807) is 6.92 Å². The molecule has 0 heterocycles. The van der Waals surface area contributed by atoms with Crippen LogP contribution >= 0.6 is 0 Å². The van der Waals surface area contributed by atoms with Crippen LogP contribution < -0.4 is 0 Å². The molecule has 8 nitrogen and oxygen atoms in total. The molecule has 0 amide bonds. The number of hydrogen-bond donors (Lipinski definition) is 6. The van der Waals surface area contributed by atoms with Crippen molar-refractivity contribution in [2.45, 2.75) is 38.3 Å². The quantitative estimate of drug-likeness (QED) is 0.300. The SMILES string of the molecule is CCC(O)C(O)O.O=C(O)CC(O)C(=O)O. The fourth-order valence-electron chi connectivity index (χ4n) is 0.464. The van der Waals surface area contributed by atoms with Gasteiger partial charge in [0.25, 0.3) is 0 Å². The van der Waals surface area contributed by atoms with Crippen molar-refractivity contribution < 1.29 is 40.2 Å². The van der Waals surface area contributed by atoms with Gasteiger partial charge in [-0.05, 0) is 6.42 Å². The highest BCUT2D eigenvalue weighted by Gasteiger charge is 2.16. The van der Waals surface area contributed by atoms with Gasteiger partial charge in [0, 0.05) is 0 Å². The van der Waals surface area contributed by atoms with Crippen molar-refractivity contribution in [1.82, 2.24) is 0 Å². The summed E-state index contributed by atoms with van der Waals surface area (Å²) in [6, 6.07) is 0. The monoisotopic (exact) mass is 240 g/mol. The molecule has 0 radical (unpaired) electrons. The Morgan fingerprint density at radius 2 is 1.50 bits per heavy atom. The topological polar surface area (TPSA) is 156 Å². The van der Waals surface area contributed by atoms with Gasteiger partial charge in [-0.2, -0.15) is 0 Å². The van der Waals surface area contributed by atoms with Crippen LogP contribution in [0.5, 0.6) is 0 Å². The molecule has 0 saturated heterocycles. The van der Waals surface area contributed by atoms with E-state index in [-0.39, 0.29) is 0 Å². The summed E-state index contributed by atoms with van der Waals surface area (Å²) < 4.78 is 0. The lowest BCUT2D eigenvalue weighted by Crippen LogP contribution is -2.23. The highest BCUT2D eigenvalue weighted by Crippen LogP contribution is 1.92. The van der Waals surface area contributed by atoms with E-state index in [0.29, 0.717) is 6.42 Å². The summed E-state index contributed by atoms with van der Waals surface area (Å²) in [6.07, 6.45) is -4.74. The Labute approximate surface area is 91.4 Å². The molecule has 0 aromatic carbocycles. The molecule has 8 heteroatoms. The minimum Gasteiger partial charge on any atom is -0.481 e. The molecular formula is C8H16O8. The van der Waals surface area contributed by atoms with E-state index in [2.05, 4.69) is 0 Å². The van der Waals surface area contributed by atoms with Crippen molar-refractivity contribution in [2.75, 3.05) is 0 Å². The van der Waals surface area contributed by atoms with Gasteiger partial charge in [0.1, 0.15) is 6.10 Å². The van der Waals surface area contributed by atoms with Crippen molar-refractivity contribution in [1.29, 1.82) is 0 Å². The molecule has 0 bridgehead atoms. The lowest BCUT2D eigenvalue weighted by molar-refractivity contribution is -0.152. The zero-order valence-corrected chi connectivity index (χ0v) is 8.65. The lowest BCUT2D eigenvalue weighted by Gasteiger charge is -2.07. The summed E-state index contributed by atoms with van der Waals surface area (Å²) in [5.74, 6) is -2.85. The Hall–Kier alpha value is -1.22. The first-order valence-electron chi connectivity index (χ1n) is 4.39. The molecule has 0 aliphatic heterocycles. The van der Waals surface area contributed by atoms with Crippen LogP contribution in [-0.2, 0) is 9.59 Å². The summed E-state index contributed by atoms with van der Waals surface area (Å²) in [5.41, 5.74) is 0. The van der Waals surface area contributed by atoms with E-state index in [1.165, 1.54) is 0 Å². The number of carboxylic acid groups (broad SMARTS) is 2. The third kappa shape index (κ3) is 10.9. The number of rotatable bonds is 5. The van der Waals surface area contributed by atoms with Gasteiger partial charge in [-0.1, -0.05) is 6.92 Å². The Kier molecular flexibility index (Phi) is 9.71. The number of carboxylic acids is 2. The predicted octanol–water partition coefficient (Wildman–Crippen LogP) is -2.03. The number of hydrogen-bond acceptors (Lipinski definition) is 6. The van der Waals surface area contributed by atoms with Crippen LogP contribution in [0, 0.1) is 0 Å². The van der Waals surface area contributed by atoms with Crippen LogP contribution in [0.4, 0.5) is 0 Å². The highest BCUT2D eigenvalue weighted by molar-refractivity contribution is 5.79. The molecule has 6 N–H and O–H groups in total. The summed E-state index contributed by atoms with van der Waals surface area (Å²) in [4.78, 5) is 19.4. The summed E-state index contributed by atoms with van der Waals surface area (Å²) in [6.45, 7) is 1.67. The van der Waals surface area contributed by atoms with Crippen LogP contribution in [0.15, 0.2) is 0 Å². The van der Waals surface area contributed by atoms with Crippen LogP contribution in [0.3, 0.4) is 0 Å². The highest BCUT2D eigenvalue weighted by atomic mass is 16.5. The normalized spacial score (nSPS) is 13.6. The van der Waals surface area contributed by atoms with E-state index in [1.807, 2.05) is 0 Å². The van der Waals surface area contributed by atoms with Crippen molar-refractivity contribution in [3.8, 4) is 0 Å². The molecule has 0 rings (SSSR count). The van der Waals surface area contributed by atoms with Crippen LogP contribution in [0.25, 0.3) is 0 Å². The second-order valence-corrected chi connectivity index (χ2v) is 2.84. The van der Waals surface area contributed by atoms with E-state index in [4.69, 9.17) is 30.6 Å². The van der Waals surface area contributed by atoms with Gasteiger partial charge in [0.2, 0.25) is 0 Å². The average Bonchev–Trinajstić information content (AvgIpc) is 2.16. The fourth-order valence-corrected chi connectivity index (χ4v) is 0.464. The first-order valence-corrected chi connectivity index (χ1v) is 4.39. The molecule has 2 atom stereocenters. The van der Waals surface area contributed by atoms with Crippen LogP contribution in [0.2, 0.25) is 0 Å². The van der Waals surface area contributed by atoms with Gasteiger partial charge >= 0.3 is 11.9 Å². The molecule has 0 aliphatic rings. The number of carbonyl (C=O) groups is 2. The van der Waals surface area contributed by atoms with Gasteiger partial charge in [0.05, 0.1) is 6.42 Å². The number of aliphatic carboxylic acids is 2. The largest absolute Gasteiger partial charge is 0.481 e. The standard InChI is InChI=1S/C4H6O5.C4H10O3/c5-2(4(8)9)1-3(6)7;1-2-3(5)4(6)7/h2,5H,1H2,(H,6,7)(H,8,9);3-7H,2H2,1H3. The van der Waals surface area contributed by atoms with E-state index < -0.39 is 36.9 Å². The van der Waals surface area contributed by atoms with Crippen LogP contribution in [-0.4, -0.2) is 61.1 Å². The summed E-state index contributed by atoms with van der Waals surface area (Å²) in [7, 11) is 0. The van der Waals surface area contributed by atoms with Gasteiger partial charge in [-0.25, -0.2) is 4.79 Å². The third-order valence-electron chi connectivity index (χ3n) is 1.42. The molecular weight excluding hydrogens is 224 g/mol. The second-order valence-electron chi connectivity index (χ2n) is 2.84. The smallest absolute Gasteiger partial charge is 0.333 e. The molecule has 96 valence electrons. The summed E-state index contributed by atoms with van der Waals surface area (Å²) in [5, 5.41) is 48.8.